The van der Waals surface area contributed by atoms with Crippen LogP contribution in [0.15, 0.2) is 48.5 Å². The first-order chi connectivity index (χ1) is 17.6. The first-order valence-electron chi connectivity index (χ1n) is 12.1. The van der Waals surface area contributed by atoms with E-state index in [9.17, 15) is 9.59 Å². The second-order valence-electron chi connectivity index (χ2n) is 10.1. The van der Waals surface area contributed by atoms with Crippen molar-refractivity contribution < 1.29 is 23.8 Å². The molecule has 1 saturated heterocycles. The molecule has 0 radical (unpaired) electrons. The third-order valence-electron chi connectivity index (χ3n) is 6.23. The Labute approximate surface area is 225 Å². The summed E-state index contributed by atoms with van der Waals surface area (Å²) in [4.78, 5) is 30.8. The van der Waals surface area contributed by atoms with Gasteiger partial charge in [0.1, 0.15) is 11.7 Å². The number of benzene rings is 2. The lowest BCUT2D eigenvalue weighted by Crippen LogP contribution is -2.57. The lowest BCUT2D eigenvalue weighted by molar-refractivity contribution is -0.0226. The highest BCUT2D eigenvalue weighted by Crippen LogP contribution is 2.39. The van der Waals surface area contributed by atoms with Gasteiger partial charge >= 0.3 is 6.09 Å². The summed E-state index contributed by atoms with van der Waals surface area (Å²) in [5, 5.41) is 0.686. The van der Waals surface area contributed by atoms with Crippen molar-refractivity contribution in [2.45, 2.75) is 38.9 Å². The van der Waals surface area contributed by atoms with Gasteiger partial charge in [0.05, 0.1) is 25.1 Å². The normalized spacial score (nSPS) is 15.8. The van der Waals surface area contributed by atoms with Crippen LogP contribution in [-0.4, -0.2) is 55.3 Å². The van der Waals surface area contributed by atoms with Crippen molar-refractivity contribution in [2.24, 2.45) is 0 Å². The van der Waals surface area contributed by atoms with Crippen LogP contribution >= 0.6 is 22.9 Å². The van der Waals surface area contributed by atoms with Crippen molar-refractivity contribution in [3.05, 3.63) is 64.0 Å². The maximum Gasteiger partial charge on any atom is 0.410 e. The Morgan fingerprint density at radius 1 is 1.05 bits per heavy atom. The molecule has 37 heavy (non-hydrogen) atoms. The van der Waals surface area contributed by atoms with Crippen molar-refractivity contribution >= 4 is 40.6 Å². The summed E-state index contributed by atoms with van der Waals surface area (Å²) in [7, 11) is 1.58. The van der Waals surface area contributed by atoms with Crippen LogP contribution in [0.4, 0.5) is 10.5 Å². The zero-order chi connectivity index (χ0) is 26.3. The standard InChI is InChI=1S/C28H29ClN2O5S/c1-28(2,3)36-27(33)30-15-21(16-30)35-22-10-9-20(14-23(22)34-4)31-12-11-18-13-24(37-25(18)26(31)32)17-5-7-19(29)8-6-17/h5-10,13-14,21H,11-12,15-16H2,1-4H3. The van der Waals surface area contributed by atoms with Gasteiger partial charge < -0.3 is 24.0 Å². The van der Waals surface area contributed by atoms with E-state index in [-0.39, 0.29) is 18.1 Å². The zero-order valence-electron chi connectivity index (χ0n) is 21.2. The summed E-state index contributed by atoms with van der Waals surface area (Å²) >= 11 is 7.53. The van der Waals surface area contributed by atoms with Crippen LogP contribution in [0.1, 0.15) is 36.0 Å². The number of carbonyl (C=O) groups is 2. The van der Waals surface area contributed by atoms with Gasteiger partial charge in [0.25, 0.3) is 5.91 Å². The van der Waals surface area contributed by atoms with Crippen molar-refractivity contribution in [2.75, 3.05) is 31.6 Å². The lowest BCUT2D eigenvalue weighted by atomic mass is 10.1. The van der Waals surface area contributed by atoms with E-state index in [1.54, 1.807) is 16.9 Å². The molecule has 1 aromatic heterocycles. The maximum absolute atomic E-state index is 13.4. The van der Waals surface area contributed by atoms with Crippen LogP contribution in [0.5, 0.6) is 11.5 Å². The number of amides is 2. The highest BCUT2D eigenvalue weighted by atomic mass is 35.5. The summed E-state index contributed by atoms with van der Waals surface area (Å²) in [6.07, 6.45) is 0.281. The van der Waals surface area contributed by atoms with E-state index >= 15 is 0 Å². The fourth-order valence-electron chi connectivity index (χ4n) is 4.34. The highest BCUT2D eigenvalue weighted by molar-refractivity contribution is 7.17. The number of ether oxygens (including phenoxy) is 3. The third kappa shape index (κ3) is 5.40. The van der Waals surface area contributed by atoms with Crippen molar-refractivity contribution in [1.82, 2.24) is 4.90 Å². The number of likely N-dealkylation sites (tertiary alicyclic amines) is 1. The minimum Gasteiger partial charge on any atom is -0.493 e. The topological polar surface area (TPSA) is 68.3 Å². The van der Waals surface area contributed by atoms with Gasteiger partial charge in [-0.1, -0.05) is 23.7 Å². The number of carbonyl (C=O) groups excluding carboxylic acids is 2. The van der Waals surface area contributed by atoms with Crippen LogP contribution in [0.25, 0.3) is 10.4 Å². The molecular weight excluding hydrogens is 512 g/mol. The number of rotatable bonds is 5. The molecule has 0 spiro atoms. The molecule has 1 fully saturated rings. The number of fused-ring (bicyclic) bond motifs is 1. The first kappa shape index (κ1) is 25.4. The van der Waals surface area contributed by atoms with Crippen LogP contribution in [0.2, 0.25) is 5.02 Å². The second-order valence-corrected chi connectivity index (χ2v) is 11.6. The van der Waals surface area contributed by atoms with E-state index in [4.69, 9.17) is 25.8 Å². The van der Waals surface area contributed by atoms with E-state index in [1.165, 1.54) is 11.3 Å². The first-order valence-corrected chi connectivity index (χ1v) is 13.3. The van der Waals surface area contributed by atoms with E-state index in [1.807, 2.05) is 63.2 Å². The number of hydrogen-bond donors (Lipinski definition) is 0. The van der Waals surface area contributed by atoms with Gasteiger partial charge in [0.2, 0.25) is 0 Å². The van der Waals surface area contributed by atoms with Gasteiger partial charge in [-0.2, -0.15) is 0 Å². The monoisotopic (exact) mass is 540 g/mol. The molecule has 9 heteroatoms. The largest absolute Gasteiger partial charge is 0.493 e. The van der Waals surface area contributed by atoms with Gasteiger partial charge in [-0.15, -0.1) is 11.3 Å². The Bertz CT molecular complexity index is 1330. The number of hydrogen-bond acceptors (Lipinski definition) is 6. The predicted octanol–water partition coefficient (Wildman–Crippen LogP) is 6.28. The molecule has 194 valence electrons. The molecule has 3 heterocycles. The molecule has 2 aliphatic heterocycles. The summed E-state index contributed by atoms with van der Waals surface area (Å²) in [6, 6.07) is 15.3. The van der Waals surface area contributed by atoms with E-state index in [0.29, 0.717) is 36.2 Å². The van der Waals surface area contributed by atoms with Crippen molar-refractivity contribution in [1.29, 1.82) is 0 Å². The Morgan fingerprint density at radius 2 is 1.78 bits per heavy atom. The molecule has 2 aromatic carbocycles. The number of methoxy groups -OCH3 is 1. The van der Waals surface area contributed by atoms with Crippen LogP contribution in [-0.2, 0) is 11.2 Å². The average Bonchev–Trinajstić information content (AvgIpc) is 3.26. The maximum atomic E-state index is 13.4. The summed E-state index contributed by atoms with van der Waals surface area (Å²) in [5.41, 5.74) is 2.34. The van der Waals surface area contributed by atoms with Crippen LogP contribution in [0, 0.1) is 0 Å². The smallest absolute Gasteiger partial charge is 0.410 e. The molecule has 5 rings (SSSR count). The molecule has 0 bridgehead atoms. The summed E-state index contributed by atoms with van der Waals surface area (Å²) in [5.74, 6) is 1.10. The van der Waals surface area contributed by atoms with Gasteiger partial charge in [0, 0.05) is 28.2 Å². The Hall–Kier alpha value is -3.23. The van der Waals surface area contributed by atoms with E-state index in [2.05, 4.69) is 6.07 Å². The summed E-state index contributed by atoms with van der Waals surface area (Å²) in [6.45, 7) is 7.00. The Morgan fingerprint density at radius 3 is 2.46 bits per heavy atom. The van der Waals surface area contributed by atoms with E-state index < -0.39 is 5.60 Å². The minimum absolute atomic E-state index is 0.0193. The fourth-order valence-corrected chi connectivity index (χ4v) is 5.63. The SMILES string of the molecule is COc1cc(N2CCc3cc(-c4ccc(Cl)cc4)sc3C2=O)ccc1OC1CN(C(=O)OC(C)(C)C)C1. The molecule has 2 aliphatic rings. The lowest BCUT2D eigenvalue weighted by Gasteiger charge is -2.39. The molecule has 0 atom stereocenters. The van der Waals surface area contributed by atoms with Gasteiger partial charge in [-0.05, 0) is 68.7 Å². The molecular formula is C28H29ClN2O5S. The molecule has 0 saturated carbocycles. The quantitative estimate of drug-likeness (QED) is 0.381. The fraction of sp³-hybridized carbons (Fsp3) is 0.357. The average molecular weight is 541 g/mol. The third-order valence-corrected chi connectivity index (χ3v) is 7.70. The number of nitrogens with zero attached hydrogens (tertiary/aromatic N) is 2. The second kappa shape index (κ2) is 9.91. The predicted molar refractivity (Wildman–Crippen MR) is 145 cm³/mol. The van der Waals surface area contributed by atoms with Crippen LogP contribution in [0.3, 0.4) is 0 Å². The molecule has 0 N–H and O–H groups in total. The minimum atomic E-state index is -0.532. The van der Waals surface area contributed by atoms with Crippen molar-refractivity contribution in [3.8, 4) is 21.9 Å². The van der Waals surface area contributed by atoms with Gasteiger partial charge in [0.15, 0.2) is 11.5 Å². The van der Waals surface area contributed by atoms with E-state index in [0.717, 1.165) is 33.0 Å². The molecule has 0 aliphatic carbocycles. The number of anilines is 1. The van der Waals surface area contributed by atoms with Crippen molar-refractivity contribution in [3.63, 3.8) is 0 Å². The number of halogens is 1. The Balaban J connectivity index is 1.27. The molecule has 2 amide bonds. The summed E-state index contributed by atoms with van der Waals surface area (Å²) < 4.78 is 17.1. The molecule has 0 unspecified atom stereocenters. The molecule has 7 nitrogen and oxygen atoms in total. The van der Waals surface area contributed by atoms with Crippen LogP contribution < -0.4 is 14.4 Å². The Kier molecular flexibility index (Phi) is 6.81. The highest BCUT2D eigenvalue weighted by Gasteiger charge is 2.36. The molecule has 3 aromatic rings. The van der Waals surface area contributed by atoms with Gasteiger partial charge in [-0.25, -0.2) is 4.79 Å². The zero-order valence-corrected chi connectivity index (χ0v) is 22.8. The van der Waals surface area contributed by atoms with Gasteiger partial charge in [-0.3, -0.25) is 4.79 Å². The number of thiophene rings is 1.